The van der Waals surface area contributed by atoms with Crippen molar-refractivity contribution in [3.05, 3.63) is 23.8 Å². The maximum Gasteiger partial charge on any atom is 0.160 e. The summed E-state index contributed by atoms with van der Waals surface area (Å²) in [6, 6.07) is 6.40. The van der Waals surface area contributed by atoms with Gasteiger partial charge in [-0.2, -0.15) is 0 Å². The summed E-state index contributed by atoms with van der Waals surface area (Å²) < 4.78 is 5.18. The minimum Gasteiger partial charge on any atom is -0.504 e. The van der Waals surface area contributed by atoms with Crippen molar-refractivity contribution in [3.63, 3.8) is 0 Å². The fraction of sp³-hybridized carbons (Fsp3) is 0.647. The van der Waals surface area contributed by atoms with Crippen LogP contribution in [0.3, 0.4) is 0 Å². The Morgan fingerprint density at radius 3 is 2.55 bits per heavy atom. The van der Waals surface area contributed by atoms with Gasteiger partial charge in [0.2, 0.25) is 0 Å². The maximum atomic E-state index is 9.65. The first-order valence-electron chi connectivity index (χ1n) is 7.75. The Kier molecular flexibility index (Phi) is 7.45. The molecule has 1 aromatic carbocycles. The van der Waals surface area contributed by atoms with Gasteiger partial charge >= 0.3 is 0 Å². The Hall–Kier alpha value is -1.22. The second kappa shape index (κ2) is 8.85. The summed E-state index contributed by atoms with van der Waals surface area (Å²) in [5, 5.41) is 13.4. The van der Waals surface area contributed by atoms with Gasteiger partial charge in [0.05, 0.1) is 7.11 Å². The van der Waals surface area contributed by atoms with Crippen molar-refractivity contribution in [2.75, 3.05) is 7.11 Å². The van der Waals surface area contributed by atoms with Gasteiger partial charge in [-0.25, -0.2) is 0 Å². The molecule has 0 heterocycles. The maximum absolute atomic E-state index is 9.65. The second-order valence-electron chi connectivity index (χ2n) is 5.45. The number of phenolic OH excluding ortho intramolecular Hbond substituents is 1. The van der Waals surface area contributed by atoms with Crippen LogP contribution in [0.2, 0.25) is 0 Å². The highest BCUT2D eigenvalue weighted by molar-refractivity contribution is 5.42. The largest absolute Gasteiger partial charge is 0.504 e. The van der Waals surface area contributed by atoms with Gasteiger partial charge in [-0.15, -0.1) is 0 Å². The van der Waals surface area contributed by atoms with Crippen LogP contribution in [-0.2, 0) is 0 Å². The molecule has 3 heteroatoms. The highest BCUT2D eigenvalue weighted by Crippen LogP contribution is 2.29. The highest BCUT2D eigenvalue weighted by atomic mass is 16.5. The monoisotopic (exact) mass is 279 g/mol. The molecule has 2 atom stereocenters. The van der Waals surface area contributed by atoms with Crippen LogP contribution in [0.1, 0.15) is 64.5 Å². The van der Waals surface area contributed by atoms with Gasteiger partial charge in [-0.3, -0.25) is 0 Å². The first-order chi connectivity index (χ1) is 9.62. The van der Waals surface area contributed by atoms with Gasteiger partial charge in [-0.05, 0) is 37.5 Å². The van der Waals surface area contributed by atoms with E-state index in [-0.39, 0.29) is 11.8 Å². The molecule has 0 aliphatic carbocycles. The summed E-state index contributed by atoms with van der Waals surface area (Å²) in [6.45, 7) is 6.63. The average molecular weight is 279 g/mol. The van der Waals surface area contributed by atoms with Crippen molar-refractivity contribution >= 4 is 0 Å². The topological polar surface area (TPSA) is 41.5 Å². The second-order valence-corrected chi connectivity index (χ2v) is 5.45. The summed E-state index contributed by atoms with van der Waals surface area (Å²) in [7, 11) is 1.58. The number of ether oxygens (including phenoxy) is 1. The van der Waals surface area contributed by atoms with E-state index >= 15 is 0 Å². The van der Waals surface area contributed by atoms with E-state index in [1.807, 2.05) is 12.1 Å². The molecular formula is C17H29NO2. The van der Waals surface area contributed by atoms with Gasteiger partial charge in [0, 0.05) is 12.1 Å². The Labute approximate surface area is 123 Å². The molecule has 0 saturated carbocycles. The smallest absolute Gasteiger partial charge is 0.160 e. The van der Waals surface area contributed by atoms with Gasteiger partial charge in [0.1, 0.15) is 0 Å². The zero-order valence-corrected chi connectivity index (χ0v) is 13.3. The molecule has 0 aliphatic rings. The standard InChI is InChI=1S/C17H29NO2/c1-5-7-9-15(8-6-2)18-13(3)14-10-11-16(19)17(12-14)20-4/h10-13,15,18-19H,5-9H2,1-4H3. The summed E-state index contributed by atoms with van der Waals surface area (Å²) in [5.74, 6) is 0.733. The molecule has 0 aliphatic heterocycles. The predicted molar refractivity (Wildman–Crippen MR) is 84.4 cm³/mol. The molecule has 20 heavy (non-hydrogen) atoms. The number of phenols is 1. The van der Waals surface area contributed by atoms with Crippen LogP contribution in [0, 0.1) is 0 Å². The fourth-order valence-electron chi connectivity index (χ4n) is 2.52. The number of benzene rings is 1. The average Bonchev–Trinajstić information content (AvgIpc) is 2.45. The third-order valence-electron chi connectivity index (χ3n) is 3.73. The lowest BCUT2D eigenvalue weighted by molar-refractivity contribution is 0.369. The lowest BCUT2D eigenvalue weighted by Gasteiger charge is -2.24. The van der Waals surface area contributed by atoms with E-state index in [0.717, 1.165) is 5.56 Å². The van der Waals surface area contributed by atoms with Crippen LogP contribution in [0.15, 0.2) is 18.2 Å². The summed E-state index contributed by atoms with van der Waals surface area (Å²) in [5.41, 5.74) is 1.15. The van der Waals surface area contributed by atoms with Gasteiger partial charge in [-0.1, -0.05) is 39.2 Å². The Balaban J connectivity index is 2.69. The van der Waals surface area contributed by atoms with E-state index in [4.69, 9.17) is 4.74 Å². The van der Waals surface area contributed by atoms with Crippen LogP contribution in [0.5, 0.6) is 11.5 Å². The summed E-state index contributed by atoms with van der Waals surface area (Å²) in [4.78, 5) is 0. The quantitative estimate of drug-likeness (QED) is 0.703. The van der Waals surface area contributed by atoms with Gasteiger partial charge in [0.25, 0.3) is 0 Å². The van der Waals surface area contributed by atoms with E-state index in [1.54, 1.807) is 13.2 Å². The van der Waals surface area contributed by atoms with E-state index in [1.165, 1.54) is 32.1 Å². The van der Waals surface area contributed by atoms with Crippen LogP contribution >= 0.6 is 0 Å². The van der Waals surface area contributed by atoms with Crippen LogP contribution in [-0.4, -0.2) is 18.3 Å². The van der Waals surface area contributed by atoms with Crippen LogP contribution in [0.25, 0.3) is 0 Å². The summed E-state index contributed by atoms with van der Waals surface area (Å²) >= 11 is 0. The normalized spacial score (nSPS) is 14.0. The molecule has 1 rings (SSSR count). The molecule has 3 nitrogen and oxygen atoms in total. The van der Waals surface area contributed by atoms with Crippen LogP contribution in [0.4, 0.5) is 0 Å². The minimum atomic E-state index is 0.194. The summed E-state index contributed by atoms with van der Waals surface area (Å²) in [6.07, 6.45) is 6.14. The minimum absolute atomic E-state index is 0.194. The number of rotatable bonds is 9. The SMILES string of the molecule is CCCCC(CCC)NC(C)c1ccc(O)c(OC)c1. The van der Waals surface area contributed by atoms with E-state index in [9.17, 15) is 5.11 Å². The first kappa shape index (κ1) is 16.8. The number of aromatic hydroxyl groups is 1. The first-order valence-corrected chi connectivity index (χ1v) is 7.75. The molecule has 1 aromatic rings. The molecular weight excluding hydrogens is 250 g/mol. The van der Waals surface area contributed by atoms with E-state index in [0.29, 0.717) is 11.8 Å². The molecule has 0 aromatic heterocycles. The van der Waals surface area contributed by atoms with Crippen molar-refractivity contribution in [3.8, 4) is 11.5 Å². The molecule has 0 amide bonds. The number of hydrogen-bond donors (Lipinski definition) is 2. The Morgan fingerprint density at radius 2 is 1.95 bits per heavy atom. The van der Waals surface area contributed by atoms with Crippen molar-refractivity contribution in [2.24, 2.45) is 0 Å². The zero-order chi connectivity index (χ0) is 15.0. The van der Waals surface area contributed by atoms with Gasteiger partial charge in [0.15, 0.2) is 11.5 Å². The Bertz CT molecular complexity index is 393. The Morgan fingerprint density at radius 1 is 1.20 bits per heavy atom. The predicted octanol–water partition coefficient (Wildman–Crippen LogP) is 4.41. The number of nitrogens with one attached hydrogen (secondary N) is 1. The molecule has 0 radical (unpaired) electrons. The van der Waals surface area contributed by atoms with E-state index in [2.05, 4.69) is 26.1 Å². The number of methoxy groups -OCH3 is 1. The molecule has 0 fully saturated rings. The fourth-order valence-corrected chi connectivity index (χ4v) is 2.52. The van der Waals surface area contributed by atoms with Crippen molar-refractivity contribution in [1.29, 1.82) is 0 Å². The molecule has 0 saturated heterocycles. The number of unbranched alkanes of at least 4 members (excludes halogenated alkanes) is 1. The third-order valence-corrected chi connectivity index (χ3v) is 3.73. The molecule has 0 spiro atoms. The van der Waals surface area contributed by atoms with Crippen molar-refractivity contribution in [2.45, 2.75) is 65.0 Å². The molecule has 2 N–H and O–H groups in total. The van der Waals surface area contributed by atoms with Crippen molar-refractivity contribution < 1.29 is 9.84 Å². The molecule has 2 unspecified atom stereocenters. The highest BCUT2D eigenvalue weighted by Gasteiger charge is 2.14. The van der Waals surface area contributed by atoms with Crippen LogP contribution < -0.4 is 10.1 Å². The lowest BCUT2D eigenvalue weighted by Crippen LogP contribution is -2.31. The van der Waals surface area contributed by atoms with Gasteiger partial charge < -0.3 is 15.2 Å². The molecule has 114 valence electrons. The van der Waals surface area contributed by atoms with E-state index < -0.39 is 0 Å². The van der Waals surface area contributed by atoms with Crippen molar-refractivity contribution in [1.82, 2.24) is 5.32 Å². The zero-order valence-electron chi connectivity index (χ0n) is 13.3. The third kappa shape index (κ3) is 5.04. The molecule has 0 bridgehead atoms. The lowest BCUT2D eigenvalue weighted by atomic mass is 10.0. The number of hydrogen-bond acceptors (Lipinski definition) is 3.